The molecule has 1 amide bonds. The molecule has 0 bridgehead atoms. The molecule has 0 aliphatic carbocycles. The molecule has 2 rings (SSSR count). The van der Waals surface area contributed by atoms with Crippen LogP contribution in [-0.4, -0.2) is 32.8 Å². The van der Waals surface area contributed by atoms with E-state index < -0.39 is 0 Å². The fourth-order valence-corrected chi connectivity index (χ4v) is 3.39. The molecule has 1 aromatic carbocycles. The van der Waals surface area contributed by atoms with Crippen molar-refractivity contribution in [3.05, 3.63) is 65.1 Å². The second-order valence-electron chi connectivity index (χ2n) is 6.91. The van der Waals surface area contributed by atoms with E-state index in [0.29, 0.717) is 46.3 Å². The summed E-state index contributed by atoms with van der Waals surface area (Å²) in [5.41, 5.74) is 3.50. The first kappa shape index (κ1) is 24.0. The number of rotatable bonds is 9. The molecule has 0 saturated heterocycles. The van der Waals surface area contributed by atoms with E-state index in [0.717, 1.165) is 18.4 Å². The number of carbonyl (C=O) groups is 1. The molecule has 6 nitrogen and oxygen atoms in total. The number of hydrogen-bond donors (Lipinski definition) is 2. The number of amides is 1. The van der Waals surface area contributed by atoms with Crippen molar-refractivity contribution in [1.29, 1.82) is 0 Å². The highest BCUT2D eigenvalue weighted by Gasteiger charge is 2.30. The van der Waals surface area contributed by atoms with Gasteiger partial charge in [0.2, 0.25) is 0 Å². The highest BCUT2D eigenvalue weighted by atomic mass is 16.5. The SMILES string of the molecule is C/C=C\C=C(/CCC)C(=NC)C1=C(/C(=C/CC)C(=O)NC)Nc2c(OC)cccc2O1. The van der Waals surface area contributed by atoms with E-state index in [4.69, 9.17) is 9.47 Å². The summed E-state index contributed by atoms with van der Waals surface area (Å²) in [5, 5.41) is 6.14. The molecule has 0 radical (unpaired) electrons. The normalized spacial score (nSPS) is 14.8. The van der Waals surface area contributed by atoms with Gasteiger partial charge in [0.15, 0.2) is 11.5 Å². The third-order valence-electron chi connectivity index (χ3n) is 4.80. The summed E-state index contributed by atoms with van der Waals surface area (Å²) in [5.74, 6) is 1.58. The lowest BCUT2D eigenvalue weighted by atomic mass is 9.98. The molecule has 1 aromatic rings. The zero-order valence-electron chi connectivity index (χ0n) is 19.3. The maximum atomic E-state index is 12.8. The smallest absolute Gasteiger partial charge is 0.252 e. The van der Waals surface area contributed by atoms with Gasteiger partial charge in [0, 0.05) is 14.1 Å². The number of likely N-dealkylation sites (N-methyl/N-ethyl adjacent to an activating group) is 1. The Hall–Kier alpha value is -3.28. The van der Waals surface area contributed by atoms with Crippen LogP contribution in [0.15, 0.2) is 70.1 Å². The predicted molar refractivity (Wildman–Crippen MR) is 128 cm³/mol. The summed E-state index contributed by atoms with van der Waals surface area (Å²) in [7, 11) is 4.97. The monoisotopic (exact) mass is 423 g/mol. The van der Waals surface area contributed by atoms with Crippen LogP contribution in [0.2, 0.25) is 0 Å². The van der Waals surface area contributed by atoms with Crippen molar-refractivity contribution in [1.82, 2.24) is 5.32 Å². The first-order chi connectivity index (χ1) is 15.1. The number of anilines is 1. The van der Waals surface area contributed by atoms with Gasteiger partial charge in [0.25, 0.3) is 5.91 Å². The zero-order valence-corrected chi connectivity index (χ0v) is 19.3. The molecule has 0 unspecified atom stereocenters. The van der Waals surface area contributed by atoms with E-state index in [1.165, 1.54) is 0 Å². The largest absolute Gasteiger partial charge is 0.494 e. The van der Waals surface area contributed by atoms with Crippen LogP contribution < -0.4 is 20.1 Å². The minimum atomic E-state index is -0.200. The standard InChI is InChI=1S/C25H33N3O3/c1-7-10-14-17(12-8-2)21(26-4)24-22(18(13-9-3)25(29)27-5)28-23-19(30-6)15-11-16-20(23)31-24/h7,10-11,13-16,28H,8-9,12H2,1-6H3,(H,27,29)/b10-7-,17-14+,18-13-,26-21?. The Balaban J connectivity index is 2.78. The van der Waals surface area contributed by atoms with Crippen LogP contribution in [0, 0.1) is 0 Å². The summed E-state index contributed by atoms with van der Waals surface area (Å²) in [6.45, 7) is 6.09. The summed E-state index contributed by atoms with van der Waals surface area (Å²) < 4.78 is 11.9. The Kier molecular flexibility index (Phi) is 9.13. The van der Waals surface area contributed by atoms with Gasteiger partial charge in [-0.2, -0.15) is 0 Å². The van der Waals surface area contributed by atoms with Crippen LogP contribution in [0.5, 0.6) is 11.5 Å². The first-order valence-corrected chi connectivity index (χ1v) is 10.6. The number of carbonyl (C=O) groups excluding carboxylic acids is 1. The van der Waals surface area contributed by atoms with Crippen molar-refractivity contribution in [2.24, 2.45) is 4.99 Å². The average molecular weight is 424 g/mol. The maximum Gasteiger partial charge on any atom is 0.252 e. The molecule has 166 valence electrons. The number of aliphatic imine (C=N–C) groups is 1. The number of nitrogens with one attached hydrogen (secondary N) is 2. The minimum Gasteiger partial charge on any atom is -0.494 e. The molecule has 1 heterocycles. The van der Waals surface area contributed by atoms with Gasteiger partial charge in [-0.05, 0) is 37.5 Å². The Morgan fingerprint density at radius 3 is 2.68 bits per heavy atom. The fourth-order valence-electron chi connectivity index (χ4n) is 3.39. The van der Waals surface area contributed by atoms with Crippen LogP contribution in [0.1, 0.15) is 40.0 Å². The van der Waals surface area contributed by atoms with Gasteiger partial charge in [0.1, 0.15) is 17.1 Å². The summed E-state index contributed by atoms with van der Waals surface area (Å²) >= 11 is 0. The van der Waals surface area contributed by atoms with Gasteiger partial charge in [-0.3, -0.25) is 9.79 Å². The van der Waals surface area contributed by atoms with Crippen LogP contribution in [0.25, 0.3) is 0 Å². The lowest BCUT2D eigenvalue weighted by Crippen LogP contribution is -2.29. The Bertz CT molecular complexity index is 953. The Morgan fingerprint density at radius 2 is 2.10 bits per heavy atom. The van der Waals surface area contributed by atoms with Crippen LogP contribution in [0.3, 0.4) is 0 Å². The van der Waals surface area contributed by atoms with Crippen LogP contribution >= 0.6 is 0 Å². The molecule has 2 N–H and O–H groups in total. The van der Waals surface area contributed by atoms with Crippen LogP contribution in [0.4, 0.5) is 5.69 Å². The number of fused-ring (bicyclic) bond motifs is 1. The number of ether oxygens (including phenoxy) is 2. The van der Waals surface area contributed by atoms with E-state index in [1.54, 1.807) is 21.2 Å². The van der Waals surface area contributed by atoms with Crippen molar-refractivity contribution in [3.63, 3.8) is 0 Å². The molecular weight excluding hydrogens is 390 g/mol. The van der Waals surface area contributed by atoms with Crippen molar-refractivity contribution >= 4 is 17.3 Å². The lowest BCUT2D eigenvalue weighted by molar-refractivity contribution is -0.116. The molecule has 6 heteroatoms. The first-order valence-electron chi connectivity index (χ1n) is 10.6. The number of nitrogens with zero attached hydrogens (tertiary/aromatic N) is 1. The van der Waals surface area contributed by atoms with Crippen LogP contribution in [-0.2, 0) is 4.79 Å². The number of benzene rings is 1. The molecule has 0 fully saturated rings. The summed E-state index contributed by atoms with van der Waals surface area (Å²) in [6.07, 6.45) is 10.4. The summed E-state index contributed by atoms with van der Waals surface area (Å²) in [6, 6.07) is 5.59. The number of hydrogen-bond acceptors (Lipinski definition) is 5. The Morgan fingerprint density at radius 1 is 1.32 bits per heavy atom. The van der Waals surface area contributed by atoms with Gasteiger partial charge in [-0.15, -0.1) is 0 Å². The third kappa shape index (κ3) is 5.45. The topological polar surface area (TPSA) is 72.0 Å². The van der Waals surface area contributed by atoms with E-state index in [9.17, 15) is 4.79 Å². The minimum absolute atomic E-state index is 0.200. The van der Waals surface area contributed by atoms with Crippen molar-refractivity contribution in [2.75, 3.05) is 26.5 Å². The maximum absolute atomic E-state index is 12.8. The van der Waals surface area contributed by atoms with E-state index >= 15 is 0 Å². The van der Waals surface area contributed by atoms with Gasteiger partial charge in [0.05, 0.1) is 18.4 Å². The highest BCUT2D eigenvalue weighted by molar-refractivity contribution is 6.14. The Labute approximate surface area is 185 Å². The van der Waals surface area contributed by atoms with Gasteiger partial charge < -0.3 is 20.1 Å². The number of allylic oxidation sites excluding steroid dienone is 5. The lowest BCUT2D eigenvalue weighted by Gasteiger charge is -2.28. The van der Waals surface area contributed by atoms with Gasteiger partial charge >= 0.3 is 0 Å². The third-order valence-corrected chi connectivity index (χ3v) is 4.80. The number of para-hydroxylation sites is 1. The summed E-state index contributed by atoms with van der Waals surface area (Å²) in [4.78, 5) is 17.4. The second-order valence-corrected chi connectivity index (χ2v) is 6.91. The molecule has 0 spiro atoms. The van der Waals surface area contributed by atoms with Crippen molar-refractivity contribution in [3.8, 4) is 11.5 Å². The molecule has 0 saturated carbocycles. The molecule has 0 aromatic heterocycles. The molecule has 31 heavy (non-hydrogen) atoms. The zero-order chi connectivity index (χ0) is 22.8. The molecular formula is C25H33N3O3. The average Bonchev–Trinajstić information content (AvgIpc) is 2.80. The molecule has 1 aliphatic heterocycles. The van der Waals surface area contributed by atoms with E-state index in [-0.39, 0.29) is 5.91 Å². The fraction of sp³-hybridized carbons (Fsp3) is 0.360. The van der Waals surface area contributed by atoms with Crippen molar-refractivity contribution in [2.45, 2.75) is 40.0 Å². The number of methoxy groups -OCH3 is 1. The quantitative estimate of drug-likeness (QED) is 0.327. The van der Waals surface area contributed by atoms with Crippen molar-refractivity contribution < 1.29 is 14.3 Å². The second kappa shape index (κ2) is 11.8. The molecule has 0 atom stereocenters. The highest BCUT2D eigenvalue weighted by Crippen LogP contribution is 2.42. The molecule has 1 aliphatic rings. The van der Waals surface area contributed by atoms with Gasteiger partial charge in [-0.1, -0.05) is 50.6 Å². The van der Waals surface area contributed by atoms with E-state index in [1.807, 2.05) is 56.4 Å². The van der Waals surface area contributed by atoms with E-state index in [2.05, 4.69) is 22.5 Å². The predicted octanol–water partition coefficient (Wildman–Crippen LogP) is 5.17. The van der Waals surface area contributed by atoms with Gasteiger partial charge in [-0.25, -0.2) is 0 Å².